The molecule has 0 aromatic heterocycles. The zero-order valence-electron chi connectivity index (χ0n) is 12.7. The third kappa shape index (κ3) is 7.89. The number of ether oxygens (including phenoxy) is 1. The minimum Gasteiger partial charge on any atom is -0.493 e. The van der Waals surface area contributed by atoms with Crippen LogP contribution in [0.3, 0.4) is 0 Å². The molecule has 0 fully saturated rings. The Labute approximate surface area is 118 Å². The highest BCUT2D eigenvalue weighted by atomic mass is 16.5. The molecule has 0 heterocycles. The van der Waals surface area contributed by atoms with Gasteiger partial charge in [-0.3, -0.25) is 0 Å². The van der Waals surface area contributed by atoms with E-state index in [1.807, 2.05) is 6.07 Å². The van der Waals surface area contributed by atoms with E-state index in [1.54, 1.807) is 0 Å². The zero-order chi connectivity index (χ0) is 13.9. The largest absolute Gasteiger partial charge is 0.493 e. The molecule has 0 aliphatic carbocycles. The number of hydrogen-bond acceptors (Lipinski definition) is 2. The van der Waals surface area contributed by atoms with E-state index in [0.29, 0.717) is 5.92 Å². The molecule has 19 heavy (non-hydrogen) atoms. The molecule has 1 rings (SSSR count). The molecule has 1 aromatic carbocycles. The monoisotopic (exact) mass is 263 g/mol. The van der Waals surface area contributed by atoms with Crippen LogP contribution < -0.4 is 10.1 Å². The van der Waals surface area contributed by atoms with Gasteiger partial charge in [0, 0.05) is 6.54 Å². The summed E-state index contributed by atoms with van der Waals surface area (Å²) in [5.74, 6) is 1.55. The first-order valence-electron chi connectivity index (χ1n) is 7.64. The maximum atomic E-state index is 5.74. The molecular formula is C17H29NO. The second-order valence-electron chi connectivity index (χ2n) is 5.59. The van der Waals surface area contributed by atoms with E-state index < -0.39 is 0 Å². The Morgan fingerprint density at radius 1 is 1.16 bits per heavy atom. The van der Waals surface area contributed by atoms with Crippen LogP contribution in [-0.4, -0.2) is 13.2 Å². The Morgan fingerprint density at radius 2 is 2.00 bits per heavy atom. The Bertz CT molecular complexity index is 336. The van der Waals surface area contributed by atoms with Crippen molar-refractivity contribution in [1.29, 1.82) is 0 Å². The van der Waals surface area contributed by atoms with Crippen LogP contribution in [0.5, 0.6) is 5.75 Å². The zero-order valence-corrected chi connectivity index (χ0v) is 12.7. The SMILES string of the molecule is CCCCCCNCc1cccc(OCC(C)C)c1. The molecule has 1 aromatic rings. The molecule has 0 amide bonds. The van der Waals surface area contributed by atoms with Gasteiger partial charge in [-0.05, 0) is 36.6 Å². The number of rotatable bonds is 10. The van der Waals surface area contributed by atoms with Crippen molar-refractivity contribution in [2.75, 3.05) is 13.2 Å². The van der Waals surface area contributed by atoms with Gasteiger partial charge in [-0.1, -0.05) is 52.2 Å². The van der Waals surface area contributed by atoms with Crippen molar-refractivity contribution in [3.63, 3.8) is 0 Å². The molecule has 0 aliphatic heterocycles. The topological polar surface area (TPSA) is 21.3 Å². The second-order valence-corrected chi connectivity index (χ2v) is 5.59. The van der Waals surface area contributed by atoms with Gasteiger partial charge < -0.3 is 10.1 Å². The number of unbranched alkanes of at least 4 members (excludes halogenated alkanes) is 3. The second kappa shape index (κ2) is 9.85. The van der Waals surface area contributed by atoms with E-state index in [4.69, 9.17) is 4.74 Å². The number of nitrogens with one attached hydrogen (secondary N) is 1. The Kier molecular flexibility index (Phi) is 8.31. The van der Waals surface area contributed by atoms with Gasteiger partial charge in [-0.2, -0.15) is 0 Å². The molecule has 2 nitrogen and oxygen atoms in total. The maximum absolute atomic E-state index is 5.74. The molecule has 108 valence electrons. The normalized spacial score (nSPS) is 10.9. The average molecular weight is 263 g/mol. The van der Waals surface area contributed by atoms with Crippen molar-refractivity contribution in [2.24, 2.45) is 5.92 Å². The van der Waals surface area contributed by atoms with Gasteiger partial charge in [0.15, 0.2) is 0 Å². The first kappa shape index (κ1) is 16.0. The fourth-order valence-electron chi connectivity index (χ4n) is 1.92. The van der Waals surface area contributed by atoms with E-state index in [1.165, 1.54) is 31.2 Å². The predicted octanol–water partition coefficient (Wildman–Crippen LogP) is 4.39. The summed E-state index contributed by atoms with van der Waals surface area (Å²) in [7, 11) is 0. The van der Waals surface area contributed by atoms with Crippen molar-refractivity contribution in [3.8, 4) is 5.75 Å². The summed E-state index contributed by atoms with van der Waals surface area (Å²) in [5.41, 5.74) is 1.30. The molecular weight excluding hydrogens is 234 g/mol. The smallest absolute Gasteiger partial charge is 0.119 e. The summed E-state index contributed by atoms with van der Waals surface area (Å²) in [5, 5.41) is 3.50. The van der Waals surface area contributed by atoms with Gasteiger partial charge >= 0.3 is 0 Å². The van der Waals surface area contributed by atoms with Crippen LogP contribution in [0.25, 0.3) is 0 Å². The molecule has 0 spiro atoms. The summed E-state index contributed by atoms with van der Waals surface area (Å²) in [6.45, 7) is 9.41. The Morgan fingerprint density at radius 3 is 2.74 bits per heavy atom. The third-order valence-corrected chi connectivity index (χ3v) is 3.02. The standard InChI is InChI=1S/C17H29NO/c1-4-5-6-7-11-18-13-16-9-8-10-17(12-16)19-14-15(2)3/h8-10,12,15,18H,4-7,11,13-14H2,1-3H3. The molecule has 0 aliphatic rings. The van der Waals surface area contributed by atoms with Gasteiger partial charge in [0.1, 0.15) is 5.75 Å². The predicted molar refractivity (Wildman–Crippen MR) is 82.6 cm³/mol. The molecule has 0 unspecified atom stereocenters. The molecule has 2 heteroatoms. The van der Waals surface area contributed by atoms with E-state index in [0.717, 1.165) is 25.4 Å². The summed E-state index contributed by atoms with van der Waals surface area (Å²) in [6, 6.07) is 8.40. The van der Waals surface area contributed by atoms with Gasteiger partial charge in [0.2, 0.25) is 0 Å². The van der Waals surface area contributed by atoms with Gasteiger partial charge in [0.05, 0.1) is 6.61 Å². The van der Waals surface area contributed by atoms with E-state index in [2.05, 4.69) is 44.3 Å². The van der Waals surface area contributed by atoms with Crippen LogP contribution in [0.2, 0.25) is 0 Å². The Hall–Kier alpha value is -1.02. The van der Waals surface area contributed by atoms with Crippen LogP contribution in [0.1, 0.15) is 52.0 Å². The number of benzene rings is 1. The highest BCUT2D eigenvalue weighted by Gasteiger charge is 1.99. The molecule has 0 bridgehead atoms. The molecule has 0 saturated carbocycles. The fraction of sp³-hybridized carbons (Fsp3) is 0.647. The number of hydrogen-bond donors (Lipinski definition) is 1. The quantitative estimate of drug-likeness (QED) is 0.632. The van der Waals surface area contributed by atoms with E-state index in [9.17, 15) is 0 Å². The maximum Gasteiger partial charge on any atom is 0.119 e. The first-order valence-corrected chi connectivity index (χ1v) is 7.64. The molecule has 1 N–H and O–H groups in total. The van der Waals surface area contributed by atoms with Crippen molar-refractivity contribution < 1.29 is 4.74 Å². The van der Waals surface area contributed by atoms with Crippen LogP contribution in [0.4, 0.5) is 0 Å². The van der Waals surface area contributed by atoms with Crippen LogP contribution in [0.15, 0.2) is 24.3 Å². The summed E-state index contributed by atoms with van der Waals surface area (Å²) < 4.78 is 5.74. The first-order chi connectivity index (χ1) is 9.22. The van der Waals surface area contributed by atoms with Crippen molar-refractivity contribution in [1.82, 2.24) is 5.32 Å². The average Bonchev–Trinajstić information content (AvgIpc) is 2.41. The van der Waals surface area contributed by atoms with Crippen molar-refractivity contribution in [2.45, 2.75) is 53.0 Å². The van der Waals surface area contributed by atoms with Crippen LogP contribution in [0, 0.1) is 5.92 Å². The molecule has 0 saturated heterocycles. The molecule has 0 atom stereocenters. The van der Waals surface area contributed by atoms with E-state index >= 15 is 0 Å². The highest BCUT2D eigenvalue weighted by Crippen LogP contribution is 2.14. The lowest BCUT2D eigenvalue weighted by Gasteiger charge is -2.10. The van der Waals surface area contributed by atoms with Crippen LogP contribution >= 0.6 is 0 Å². The van der Waals surface area contributed by atoms with Gasteiger partial charge in [-0.15, -0.1) is 0 Å². The van der Waals surface area contributed by atoms with Crippen molar-refractivity contribution in [3.05, 3.63) is 29.8 Å². The summed E-state index contributed by atoms with van der Waals surface area (Å²) in [6.07, 6.45) is 5.26. The highest BCUT2D eigenvalue weighted by molar-refractivity contribution is 5.28. The van der Waals surface area contributed by atoms with E-state index in [-0.39, 0.29) is 0 Å². The summed E-state index contributed by atoms with van der Waals surface area (Å²) in [4.78, 5) is 0. The molecule has 0 radical (unpaired) electrons. The lowest BCUT2D eigenvalue weighted by atomic mass is 10.2. The van der Waals surface area contributed by atoms with Gasteiger partial charge in [0.25, 0.3) is 0 Å². The lowest BCUT2D eigenvalue weighted by Crippen LogP contribution is -2.14. The van der Waals surface area contributed by atoms with Crippen LogP contribution in [-0.2, 0) is 6.54 Å². The van der Waals surface area contributed by atoms with Gasteiger partial charge in [-0.25, -0.2) is 0 Å². The fourth-order valence-corrected chi connectivity index (χ4v) is 1.92. The lowest BCUT2D eigenvalue weighted by molar-refractivity contribution is 0.271. The Balaban J connectivity index is 2.24. The van der Waals surface area contributed by atoms with Crippen molar-refractivity contribution >= 4 is 0 Å². The third-order valence-electron chi connectivity index (χ3n) is 3.02. The summed E-state index contributed by atoms with van der Waals surface area (Å²) >= 11 is 0. The minimum absolute atomic E-state index is 0.570. The minimum atomic E-state index is 0.570.